The van der Waals surface area contributed by atoms with Crippen molar-refractivity contribution in [1.82, 2.24) is 4.90 Å². The van der Waals surface area contributed by atoms with Crippen molar-refractivity contribution in [2.45, 2.75) is 19.4 Å². The van der Waals surface area contributed by atoms with E-state index in [2.05, 4.69) is 0 Å². The summed E-state index contributed by atoms with van der Waals surface area (Å²) >= 11 is 0. The van der Waals surface area contributed by atoms with E-state index in [-0.39, 0.29) is 5.84 Å². The third-order valence-corrected chi connectivity index (χ3v) is 1.18. The van der Waals surface area contributed by atoms with E-state index in [1.54, 1.807) is 19.0 Å². The first-order valence-corrected chi connectivity index (χ1v) is 3.03. The van der Waals surface area contributed by atoms with E-state index >= 15 is 0 Å². The molecule has 0 amide bonds. The van der Waals surface area contributed by atoms with Gasteiger partial charge in [0.25, 0.3) is 0 Å². The summed E-state index contributed by atoms with van der Waals surface area (Å²) in [5.74, 6) is 0.275. The third kappa shape index (κ3) is 2.46. The quantitative estimate of drug-likeness (QED) is 0.417. The summed E-state index contributed by atoms with van der Waals surface area (Å²) in [6.07, 6.45) is 0.0109. The second-order valence-corrected chi connectivity index (χ2v) is 2.20. The summed E-state index contributed by atoms with van der Waals surface area (Å²) in [4.78, 5) is 1.61. The standard InChI is InChI=1S/C6H14N2O/c1-4-5(9)6(7)8(2)3/h5,7,9H,4H2,1-3H3. The van der Waals surface area contributed by atoms with Crippen LogP contribution in [0.1, 0.15) is 13.3 Å². The smallest absolute Gasteiger partial charge is 0.125 e. The fourth-order valence-corrected chi connectivity index (χ4v) is 0.491. The van der Waals surface area contributed by atoms with Crippen LogP contribution in [0.4, 0.5) is 0 Å². The molecule has 0 fully saturated rings. The lowest BCUT2D eigenvalue weighted by atomic mass is 10.2. The highest BCUT2D eigenvalue weighted by molar-refractivity contribution is 5.82. The van der Waals surface area contributed by atoms with Crippen molar-refractivity contribution in [2.75, 3.05) is 14.1 Å². The molecule has 2 N–H and O–H groups in total. The molecule has 0 radical (unpaired) electrons. The van der Waals surface area contributed by atoms with E-state index in [4.69, 9.17) is 10.5 Å². The molecule has 3 heteroatoms. The molecule has 0 rings (SSSR count). The predicted octanol–water partition coefficient (Wildman–Crippen LogP) is 0.296. The van der Waals surface area contributed by atoms with Gasteiger partial charge in [-0.25, -0.2) is 0 Å². The maximum absolute atomic E-state index is 9.03. The Kier molecular flexibility index (Phi) is 3.24. The Morgan fingerprint density at radius 3 is 2.22 bits per heavy atom. The van der Waals surface area contributed by atoms with Crippen LogP contribution in [0.15, 0.2) is 0 Å². The van der Waals surface area contributed by atoms with E-state index in [0.717, 1.165) is 0 Å². The number of aliphatic hydroxyl groups excluding tert-OH is 1. The van der Waals surface area contributed by atoms with Gasteiger partial charge in [0, 0.05) is 14.1 Å². The molecule has 0 saturated heterocycles. The lowest BCUT2D eigenvalue weighted by Crippen LogP contribution is -2.32. The van der Waals surface area contributed by atoms with Gasteiger partial charge in [-0.3, -0.25) is 5.41 Å². The summed E-state index contributed by atoms with van der Waals surface area (Å²) in [7, 11) is 3.50. The van der Waals surface area contributed by atoms with Crippen molar-refractivity contribution in [3.05, 3.63) is 0 Å². The van der Waals surface area contributed by atoms with Gasteiger partial charge in [0.2, 0.25) is 0 Å². The van der Waals surface area contributed by atoms with Crippen LogP contribution in [0.3, 0.4) is 0 Å². The Morgan fingerprint density at radius 1 is 1.67 bits per heavy atom. The fraction of sp³-hybridized carbons (Fsp3) is 0.833. The van der Waals surface area contributed by atoms with Crippen LogP contribution < -0.4 is 0 Å². The normalized spacial score (nSPS) is 12.9. The van der Waals surface area contributed by atoms with Gasteiger partial charge in [0.1, 0.15) is 11.9 Å². The summed E-state index contributed by atoms with van der Waals surface area (Å²) < 4.78 is 0. The summed E-state index contributed by atoms with van der Waals surface area (Å²) in [5, 5.41) is 16.3. The number of aliphatic hydroxyl groups is 1. The molecule has 1 unspecified atom stereocenters. The number of nitrogens with zero attached hydrogens (tertiary/aromatic N) is 1. The SMILES string of the molecule is CCC(O)C(=N)N(C)C. The van der Waals surface area contributed by atoms with Gasteiger partial charge in [0.15, 0.2) is 0 Å². The molecule has 1 atom stereocenters. The van der Waals surface area contributed by atoms with Crippen molar-refractivity contribution in [2.24, 2.45) is 0 Å². The average Bonchev–Trinajstić information content (AvgIpc) is 1.84. The molecule has 3 nitrogen and oxygen atoms in total. The molecule has 0 saturated carbocycles. The Balaban J connectivity index is 3.73. The zero-order valence-corrected chi connectivity index (χ0v) is 6.18. The second-order valence-electron chi connectivity index (χ2n) is 2.20. The Hall–Kier alpha value is -0.570. The first-order valence-electron chi connectivity index (χ1n) is 3.03. The lowest BCUT2D eigenvalue weighted by Gasteiger charge is -2.17. The minimum Gasteiger partial charge on any atom is -0.385 e. The highest BCUT2D eigenvalue weighted by Gasteiger charge is 2.08. The molecule has 0 bridgehead atoms. The number of nitrogens with one attached hydrogen (secondary N) is 1. The maximum Gasteiger partial charge on any atom is 0.125 e. The summed E-state index contributed by atoms with van der Waals surface area (Å²) in [6.45, 7) is 1.85. The first-order chi connectivity index (χ1) is 4.09. The van der Waals surface area contributed by atoms with E-state index < -0.39 is 6.10 Å². The van der Waals surface area contributed by atoms with Gasteiger partial charge in [-0.2, -0.15) is 0 Å². The van der Waals surface area contributed by atoms with Gasteiger partial charge in [-0.15, -0.1) is 0 Å². The molecule has 0 aromatic rings. The van der Waals surface area contributed by atoms with E-state index in [1.165, 1.54) is 0 Å². The molecular weight excluding hydrogens is 116 g/mol. The number of rotatable bonds is 2. The van der Waals surface area contributed by atoms with E-state index in [9.17, 15) is 0 Å². The average molecular weight is 130 g/mol. The van der Waals surface area contributed by atoms with E-state index in [1.807, 2.05) is 6.92 Å². The molecule has 0 spiro atoms. The first kappa shape index (κ1) is 8.43. The van der Waals surface area contributed by atoms with Crippen LogP contribution in [0, 0.1) is 5.41 Å². The highest BCUT2D eigenvalue weighted by Crippen LogP contribution is 1.93. The monoisotopic (exact) mass is 130 g/mol. The Labute approximate surface area is 55.8 Å². The molecule has 9 heavy (non-hydrogen) atoms. The van der Waals surface area contributed by atoms with Crippen LogP contribution in [-0.2, 0) is 0 Å². The van der Waals surface area contributed by atoms with Gasteiger partial charge >= 0.3 is 0 Å². The van der Waals surface area contributed by atoms with Crippen molar-refractivity contribution in [3.8, 4) is 0 Å². The van der Waals surface area contributed by atoms with Gasteiger partial charge in [-0.05, 0) is 6.42 Å². The summed E-state index contributed by atoms with van der Waals surface area (Å²) in [5.41, 5.74) is 0. The number of hydrogen-bond acceptors (Lipinski definition) is 2. The van der Waals surface area contributed by atoms with Crippen LogP contribution in [0.5, 0.6) is 0 Å². The number of hydrogen-bond donors (Lipinski definition) is 2. The summed E-state index contributed by atoms with van der Waals surface area (Å²) in [6, 6.07) is 0. The number of likely N-dealkylation sites (N-methyl/N-ethyl adjacent to an activating group) is 1. The molecule has 0 aliphatic rings. The number of amidine groups is 1. The Bertz CT molecular complexity index is 101. The van der Waals surface area contributed by atoms with Gasteiger partial charge < -0.3 is 10.0 Å². The van der Waals surface area contributed by atoms with Crippen LogP contribution in [-0.4, -0.2) is 36.0 Å². The van der Waals surface area contributed by atoms with E-state index in [0.29, 0.717) is 6.42 Å². The predicted molar refractivity (Wildman–Crippen MR) is 37.7 cm³/mol. The molecule has 0 aromatic carbocycles. The molecule has 0 aliphatic carbocycles. The Morgan fingerprint density at radius 2 is 2.11 bits per heavy atom. The maximum atomic E-state index is 9.03. The van der Waals surface area contributed by atoms with Crippen molar-refractivity contribution in [3.63, 3.8) is 0 Å². The van der Waals surface area contributed by atoms with Crippen LogP contribution >= 0.6 is 0 Å². The third-order valence-electron chi connectivity index (χ3n) is 1.18. The molecule has 0 aromatic heterocycles. The lowest BCUT2D eigenvalue weighted by molar-refractivity contribution is 0.222. The minimum atomic E-state index is -0.597. The molecule has 0 heterocycles. The zero-order chi connectivity index (χ0) is 7.44. The van der Waals surface area contributed by atoms with Crippen molar-refractivity contribution in [1.29, 1.82) is 5.41 Å². The molecular formula is C6H14N2O. The fourth-order valence-electron chi connectivity index (χ4n) is 0.491. The minimum absolute atomic E-state index is 0.275. The van der Waals surface area contributed by atoms with Gasteiger partial charge in [-0.1, -0.05) is 6.92 Å². The van der Waals surface area contributed by atoms with Gasteiger partial charge in [0.05, 0.1) is 0 Å². The van der Waals surface area contributed by atoms with Crippen molar-refractivity contribution >= 4 is 5.84 Å². The second kappa shape index (κ2) is 3.45. The van der Waals surface area contributed by atoms with Crippen molar-refractivity contribution < 1.29 is 5.11 Å². The van der Waals surface area contributed by atoms with Crippen LogP contribution in [0.2, 0.25) is 0 Å². The van der Waals surface area contributed by atoms with Crippen LogP contribution in [0.25, 0.3) is 0 Å². The zero-order valence-electron chi connectivity index (χ0n) is 6.18. The molecule has 54 valence electrons. The largest absolute Gasteiger partial charge is 0.385 e. The molecule has 0 aliphatic heterocycles. The highest BCUT2D eigenvalue weighted by atomic mass is 16.3. The topological polar surface area (TPSA) is 47.3 Å².